The average Bonchev–Trinajstić information content (AvgIpc) is 2.67. The van der Waals surface area contributed by atoms with Crippen LogP contribution in [0.1, 0.15) is 25.3 Å². The van der Waals surface area contributed by atoms with E-state index in [4.69, 9.17) is 4.74 Å². The molecule has 0 atom stereocenters. The van der Waals surface area contributed by atoms with E-state index in [1.165, 1.54) is 29.6 Å². The smallest absolute Gasteiger partial charge is 0.262 e. The molecule has 0 amide bonds. The molecule has 0 spiro atoms. The Bertz CT molecular complexity index is 1120. The Morgan fingerprint density at radius 1 is 1.14 bits per heavy atom. The SMILES string of the molecule is CCCS(=O)(=O)N1CCCc2cc(NS(=O)(=O)c3ccc(OC)c(F)c3)ccc21. The second kappa shape index (κ2) is 8.19. The van der Waals surface area contributed by atoms with Gasteiger partial charge in [-0.05, 0) is 61.2 Å². The van der Waals surface area contributed by atoms with Crippen LogP contribution in [0.3, 0.4) is 0 Å². The molecule has 0 saturated carbocycles. The topological polar surface area (TPSA) is 92.8 Å². The second-order valence-electron chi connectivity index (χ2n) is 6.74. The Labute approximate surface area is 170 Å². The molecule has 3 rings (SSSR count). The number of aryl methyl sites for hydroxylation is 1. The molecular formula is C19H23FN2O5S2. The van der Waals surface area contributed by atoms with Gasteiger partial charge in [-0.1, -0.05) is 6.92 Å². The summed E-state index contributed by atoms with van der Waals surface area (Å²) in [5.41, 5.74) is 1.61. The summed E-state index contributed by atoms with van der Waals surface area (Å²) in [6.45, 7) is 2.22. The third-order valence-electron chi connectivity index (χ3n) is 4.64. The summed E-state index contributed by atoms with van der Waals surface area (Å²) in [5, 5.41) is 0. The number of benzene rings is 2. The summed E-state index contributed by atoms with van der Waals surface area (Å²) in [6.07, 6.45) is 1.81. The Kier molecular flexibility index (Phi) is 6.04. The van der Waals surface area contributed by atoms with Crippen LogP contribution in [0, 0.1) is 5.82 Å². The van der Waals surface area contributed by atoms with E-state index in [2.05, 4.69) is 4.72 Å². The van der Waals surface area contributed by atoms with Crippen molar-refractivity contribution in [1.82, 2.24) is 0 Å². The summed E-state index contributed by atoms with van der Waals surface area (Å²) in [6, 6.07) is 8.12. The average molecular weight is 443 g/mol. The Balaban J connectivity index is 1.89. The minimum absolute atomic E-state index is 0.0499. The summed E-state index contributed by atoms with van der Waals surface area (Å²) < 4.78 is 72.7. The van der Waals surface area contributed by atoms with E-state index >= 15 is 0 Å². The molecule has 0 saturated heterocycles. The van der Waals surface area contributed by atoms with Crippen molar-refractivity contribution in [2.45, 2.75) is 31.1 Å². The lowest BCUT2D eigenvalue weighted by Gasteiger charge is -2.30. The Morgan fingerprint density at radius 3 is 2.55 bits per heavy atom. The van der Waals surface area contributed by atoms with Gasteiger partial charge in [0.25, 0.3) is 10.0 Å². The fourth-order valence-corrected chi connectivity index (χ4v) is 5.99. The van der Waals surface area contributed by atoms with Crippen LogP contribution in [0.2, 0.25) is 0 Å². The molecule has 7 nitrogen and oxygen atoms in total. The highest BCUT2D eigenvalue weighted by Gasteiger charge is 2.27. The van der Waals surface area contributed by atoms with Crippen LogP contribution in [-0.4, -0.2) is 36.2 Å². The maximum absolute atomic E-state index is 13.9. The van der Waals surface area contributed by atoms with Crippen LogP contribution in [-0.2, 0) is 26.5 Å². The molecule has 2 aromatic rings. The molecule has 0 fully saturated rings. The highest BCUT2D eigenvalue weighted by Crippen LogP contribution is 2.33. The number of methoxy groups -OCH3 is 1. The van der Waals surface area contributed by atoms with Crippen LogP contribution in [0.5, 0.6) is 5.75 Å². The molecule has 0 radical (unpaired) electrons. The van der Waals surface area contributed by atoms with E-state index in [0.29, 0.717) is 31.5 Å². The molecule has 0 unspecified atom stereocenters. The van der Waals surface area contributed by atoms with Crippen LogP contribution >= 0.6 is 0 Å². The number of nitrogens with one attached hydrogen (secondary N) is 1. The van der Waals surface area contributed by atoms with Crippen molar-refractivity contribution in [3.05, 3.63) is 47.8 Å². The first-order chi connectivity index (χ1) is 13.7. The first-order valence-corrected chi connectivity index (χ1v) is 12.3. The van der Waals surface area contributed by atoms with Gasteiger partial charge >= 0.3 is 0 Å². The van der Waals surface area contributed by atoms with Gasteiger partial charge in [0.05, 0.1) is 23.4 Å². The van der Waals surface area contributed by atoms with Gasteiger partial charge in [-0.25, -0.2) is 21.2 Å². The van der Waals surface area contributed by atoms with Gasteiger partial charge in [-0.3, -0.25) is 9.03 Å². The summed E-state index contributed by atoms with van der Waals surface area (Å²) in [4.78, 5) is -0.235. The van der Waals surface area contributed by atoms with Crippen LogP contribution in [0.15, 0.2) is 41.3 Å². The van der Waals surface area contributed by atoms with Gasteiger partial charge in [-0.15, -0.1) is 0 Å². The third-order valence-corrected chi connectivity index (χ3v) is 7.99. The molecule has 158 valence electrons. The lowest BCUT2D eigenvalue weighted by Crippen LogP contribution is -2.37. The zero-order valence-corrected chi connectivity index (χ0v) is 17.8. The molecule has 10 heteroatoms. The van der Waals surface area contributed by atoms with Crippen LogP contribution in [0.4, 0.5) is 15.8 Å². The van der Waals surface area contributed by atoms with Crippen molar-refractivity contribution >= 4 is 31.4 Å². The first-order valence-electron chi connectivity index (χ1n) is 9.17. The van der Waals surface area contributed by atoms with Gasteiger partial charge < -0.3 is 4.74 Å². The molecule has 1 N–H and O–H groups in total. The highest BCUT2D eigenvalue weighted by atomic mass is 32.2. The Morgan fingerprint density at radius 2 is 1.90 bits per heavy atom. The van der Waals surface area contributed by atoms with Crippen molar-refractivity contribution in [1.29, 1.82) is 0 Å². The largest absolute Gasteiger partial charge is 0.494 e. The summed E-state index contributed by atoms with van der Waals surface area (Å²) in [7, 11) is -6.13. The lowest BCUT2D eigenvalue weighted by molar-refractivity contribution is 0.385. The van der Waals surface area contributed by atoms with E-state index in [0.717, 1.165) is 11.6 Å². The molecule has 1 heterocycles. The maximum atomic E-state index is 13.9. The summed E-state index contributed by atoms with van der Waals surface area (Å²) in [5.74, 6) is -0.771. The zero-order valence-electron chi connectivity index (χ0n) is 16.2. The van der Waals surface area contributed by atoms with Crippen molar-refractivity contribution < 1.29 is 26.0 Å². The number of sulfonamides is 2. The maximum Gasteiger partial charge on any atom is 0.262 e. The van der Waals surface area contributed by atoms with Gasteiger partial charge in [0.2, 0.25) is 10.0 Å². The molecule has 0 aliphatic carbocycles. The second-order valence-corrected chi connectivity index (χ2v) is 10.4. The monoisotopic (exact) mass is 442 g/mol. The van der Waals surface area contributed by atoms with E-state index in [9.17, 15) is 21.2 Å². The predicted molar refractivity (Wildman–Crippen MR) is 110 cm³/mol. The predicted octanol–water partition coefficient (Wildman–Crippen LogP) is 3.13. The van der Waals surface area contributed by atoms with Crippen molar-refractivity contribution in [3.8, 4) is 5.75 Å². The normalized spacial score (nSPS) is 14.4. The molecule has 1 aliphatic rings. The van der Waals surface area contributed by atoms with Crippen LogP contribution in [0.25, 0.3) is 0 Å². The number of nitrogens with zero attached hydrogens (tertiary/aromatic N) is 1. The highest BCUT2D eigenvalue weighted by molar-refractivity contribution is 7.93. The lowest BCUT2D eigenvalue weighted by atomic mass is 10.0. The molecule has 1 aliphatic heterocycles. The van der Waals surface area contributed by atoms with Crippen molar-refractivity contribution in [3.63, 3.8) is 0 Å². The number of hydrogen-bond acceptors (Lipinski definition) is 5. The number of anilines is 2. The van der Waals surface area contributed by atoms with E-state index in [1.807, 2.05) is 6.92 Å². The molecule has 0 aromatic heterocycles. The standard InChI is InChI=1S/C19H23FN2O5S2/c1-3-11-28(23,24)22-10-4-5-14-12-15(6-8-18(14)22)21-29(25,26)16-7-9-19(27-2)17(20)13-16/h6-9,12-13,21H,3-5,10-11H2,1-2H3. The molecule has 2 aromatic carbocycles. The summed E-state index contributed by atoms with van der Waals surface area (Å²) >= 11 is 0. The number of halogens is 1. The number of hydrogen-bond donors (Lipinski definition) is 1. The van der Waals surface area contributed by atoms with Gasteiger partial charge in [0, 0.05) is 12.2 Å². The number of ether oxygens (including phenoxy) is 1. The van der Waals surface area contributed by atoms with Crippen LogP contribution < -0.4 is 13.8 Å². The first kappa shape index (κ1) is 21.4. The van der Waals surface area contributed by atoms with E-state index < -0.39 is 25.9 Å². The fourth-order valence-electron chi connectivity index (χ4n) is 3.31. The van der Waals surface area contributed by atoms with Crippen molar-refractivity contribution in [2.75, 3.05) is 28.4 Å². The minimum Gasteiger partial charge on any atom is -0.494 e. The third kappa shape index (κ3) is 4.48. The molecule has 0 bridgehead atoms. The van der Waals surface area contributed by atoms with Gasteiger partial charge in [0.1, 0.15) is 0 Å². The number of rotatable bonds is 7. The van der Waals surface area contributed by atoms with Crippen molar-refractivity contribution in [2.24, 2.45) is 0 Å². The zero-order chi connectivity index (χ0) is 21.2. The molecule has 29 heavy (non-hydrogen) atoms. The van der Waals surface area contributed by atoms with Gasteiger partial charge in [-0.2, -0.15) is 0 Å². The number of fused-ring (bicyclic) bond motifs is 1. The van der Waals surface area contributed by atoms with E-state index in [1.54, 1.807) is 12.1 Å². The quantitative estimate of drug-likeness (QED) is 0.711. The fraction of sp³-hybridized carbons (Fsp3) is 0.368. The van der Waals surface area contributed by atoms with E-state index in [-0.39, 0.29) is 22.1 Å². The Hall–Kier alpha value is -2.33. The minimum atomic E-state index is -4.02. The molecular weight excluding hydrogens is 419 g/mol. The van der Waals surface area contributed by atoms with Gasteiger partial charge in [0.15, 0.2) is 11.6 Å².